The quantitative estimate of drug-likeness (QED) is 0.853. The van der Waals surface area contributed by atoms with Crippen LogP contribution in [-0.4, -0.2) is 27.3 Å². The summed E-state index contributed by atoms with van der Waals surface area (Å²) in [5.41, 5.74) is 0.494. The van der Waals surface area contributed by atoms with Gasteiger partial charge < -0.3 is 14.9 Å². The van der Waals surface area contributed by atoms with E-state index in [0.717, 1.165) is 0 Å². The van der Waals surface area contributed by atoms with Crippen molar-refractivity contribution in [3.8, 4) is 11.4 Å². The Bertz CT molecular complexity index is 672. The number of aliphatic hydroxyl groups is 1. The molecular formula is C16H20FN3O3. The molecule has 23 heavy (non-hydrogen) atoms. The molecule has 0 aliphatic carbocycles. The molecule has 1 aromatic heterocycles. The summed E-state index contributed by atoms with van der Waals surface area (Å²) in [4.78, 5) is 16.0. The second kappa shape index (κ2) is 7.32. The van der Waals surface area contributed by atoms with E-state index in [2.05, 4.69) is 15.5 Å². The predicted molar refractivity (Wildman–Crippen MR) is 81.7 cm³/mol. The standard InChI is InChI=1S/C16H20FN3O3/c1-9(2)13(21)8-14(22)18-10(3)16-19-15(20-23-16)11-5-4-6-12(17)7-11/h4-7,9-10,13,21H,8H2,1-3H3,(H,18,22). The highest BCUT2D eigenvalue weighted by atomic mass is 19.1. The molecule has 2 atom stereocenters. The number of hydrogen-bond acceptors (Lipinski definition) is 5. The Balaban J connectivity index is 2.01. The van der Waals surface area contributed by atoms with Crippen molar-refractivity contribution in [2.75, 3.05) is 0 Å². The van der Waals surface area contributed by atoms with Crippen LogP contribution >= 0.6 is 0 Å². The van der Waals surface area contributed by atoms with Crippen LogP contribution in [-0.2, 0) is 4.79 Å². The average molecular weight is 321 g/mol. The number of carbonyl (C=O) groups is 1. The number of aromatic nitrogens is 2. The molecule has 0 saturated heterocycles. The lowest BCUT2D eigenvalue weighted by molar-refractivity contribution is -0.124. The number of aliphatic hydroxyl groups excluding tert-OH is 1. The second-order valence-corrected chi connectivity index (χ2v) is 5.77. The summed E-state index contributed by atoms with van der Waals surface area (Å²) in [6.45, 7) is 5.37. The van der Waals surface area contributed by atoms with Gasteiger partial charge >= 0.3 is 0 Å². The van der Waals surface area contributed by atoms with Gasteiger partial charge in [0.25, 0.3) is 0 Å². The fraction of sp³-hybridized carbons (Fsp3) is 0.438. The molecule has 0 bridgehead atoms. The van der Waals surface area contributed by atoms with E-state index in [-0.39, 0.29) is 30.0 Å². The van der Waals surface area contributed by atoms with Gasteiger partial charge in [0.1, 0.15) is 11.9 Å². The van der Waals surface area contributed by atoms with Gasteiger partial charge in [-0.15, -0.1) is 0 Å². The van der Waals surface area contributed by atoms with E-state index in [4.69, 9.17) is 4.52 Å². The van der Waals surface area contributed by atoms with Crippen LogP contribution in [0.15, 0.2) is 28.8 Å². The molecule has 0 radical (unpaired) electrons. The molecule has 0 aliphatic heterocycles. The summed E-state index contributed by atoms with van der Waals surface area (Å²) in [6.07, 6.45) is -0.694. The summed E-state index contributed by atoms with van der Waals surface area (Å²) < 4.78 is 18.3. The van der Waals surface area contributed by atoms with Crippen molar-refractivity contribution in [3.05, 3.63) is 36.0 Å². The van der Waals surface area contributed by atoms with Crippen molar-refractivity contribution in [2.24, 2.45) is 5.92 Å². The van der Waals surface area contributed by atoms with Gasteiger partial charge in [-0.05, 0) is 25.0 Å². The van der Waals surface area contributed by atoms with Crippen LogP contribution in [0, 0.1) is 11.7 Å². The highest BCUT2D eigenvalue weighted by molar-refractivity contribution is 5.76. The highest BCUT2D eigenvalue weighted by Gasteiger charge is 2.20. The minimum atomic E-state index is -0.701. The van der Waals surface area contributed by atoms with Gasteiger partial charge in [0.15, 0.2) is 0 Å². The molecule has 0 aliphatic rings. The fourth-order valence-corrected chi connectivity index (χ4v) is 1.94. The summed E-state index contributed by atoms with van der Waals surface area (Å²) in [7, 11) is 0. The highest BCUT2D eigenvalue weighted by Crippen LogP contribution is 2.19. The third-order valence-electron chi connectivity index (χ3n) is 3.44. The van der Waals surface area contributed by atoms with Crippen molar-refractivity contribution in [1.29, 1.82) is 0 Å². The Hall–Kier alpha value is -2.28. The summed E-state index contributed by atoms with van der Waals surface area (Å²) in [5, 5.41) is 16.2. The van der Waals surface area contributed by atoms with Crippen LogP contribution in [0.1, 0.15) is 39.1 Å². The maximum atomic E-state index is 13.2. The number of nitrogens with one attached hydrogen (secondary N) is 1. The molecule has 2 aromatic rings. The zero-order chi connectivity index (χ0) is 17.0. The van der Waals surface area contributed by atoms with E-state index in [9.17, 15) is 14.3 Å². The molecule has 0 saturated carbocycles. The first kappa shape index (κ1) is 17.1. The maximum Gasteiger partial charge on any atom is 0.249 e. The number of amides is 1. The fourth-order valence-electron chi connectivity index (χ4n) is 1.94. The summed E-state index contributed by atoms with van der Waals surface area (Å²) in [5.74, 6) is -0.222. The van der Waals surface area contributed by atoms with Crippen LogP contribution in [0.4, 0.5) is 4.39 Å². The van der Waals surface area contributed by atoms with E-state index in [0.29, 0.717) is 5.56 Å². The summed E-state index contributed by atoms with van der Waals surface area (Å²) in [6, 6.07) is 5.35. The molecule has 1 amide bonds. The molecule has 0 fully saturated rings. The topological polar surface area (TPSA) is 88.2 Å². The zero-order valence-electron chi connectivity index (χ0n) is 13.3. The number of hydrogen-bond donors (Lipinski definition) is 2. The Morgan fingerprint density at radius 3 is 2.78 bits per heavy atom. The molecule has 124 valence electrons. The van der Waals surface area contributed by atoms with Crippen LogP contribution in [0.3, 0.4) is 0 Å². The van der Waals surface area contributed by atoms with E-state index >= 15 is 0 Å². The van der Waals surface area contributed by atoms with E-state index in [1.54, 1.807) is 19.1 Å². The molecule has 2 N–H and O–H groups in total. The maximum absolute atomic E-state index is 13.2. The number of halogens is 1. The Morgan fingerprint density at radius 1 is 1.39 bits per heavy atom. The largest absolute Gasteiger partial charge is 0.392 e. The van der Waals surface area contributed by atoms with Crippen LogP contribution < -0.4 is 5.32 Å². The Morgan fingerprint density at radius 2 is 2.13 bits per heavy atom. The smallest absolute Gasteiger partial charge is 0.249 e. The van der Waals surface area contributed by atoms with Crippen LogP contribution in [0.25, 0.3) is 11.4 Å². The first-order valence-electron chi connectivity index (χ1n) is 7.43. The normalized spacial score (nSPS) is 13.8. The molecule has 0 spiro atoms. The van der Waals surface area contributed by atoms with Gasteiger partial charge in [-0.2, -0.15) is 4.98 Å². The number of nitrogens with zero attached hydrogens (tertiary/aromatic N) is 2. The third kappa shape index (κ3) is 4.59. The lowest BCUT2D eigenvalue weighted by Gasteiger charge is -2.15. The minimum Gasteiger partial charge on any atom is -0.392 e. The SMILES string of the molecule is CC(NC(=O)CC(O)C(C)C)c1nc(-c2cccc(F)c2)no1. The van der Waals surface area contributed by atoms with Gasteiger partial charge in [-0.1, -0.05) is 31.1 Å². The predicted octanol–water partition coefficient (Wildman–Crippen LogP) is 2.46. The van der Waals surface area contributed by atoms with Crippen molar-refractivity contribution in [1.82, 2.24) is 15.5 Å². The van der Waals surface area contributed by atoms with Crippen LogP contribution in [0.2, 0.25) is 0 Å². The first-order chi connectivity index (χ1) is 10.9. The van der Waals surface area contributed by atoms with Crippen molar-refractivity contribution in [2.45, 2.75) is 39.3 Å². The number of benzene rings is 1. The number of rotatable bonds is 6. The van der Waals surface area contributed by atoms with Gasteiger partial charge in [-0.25, -0.2) is 4.39 Å². The van der Waals surface area contributed by atoms with Gasteiger partial charge in [-0.3, -0.25) is 4.79 Å². The van der Waals surface area contributed by atoms with Gasteiger partial charge in [0.2, 0.25) is 17.6 Å². The molecule has 7 heteroatoms. The Labute approximate surface area is 133 Å². The zero-order valence-corrected chi connectivity index (χ0v) is 13.3. The van der Waals surface area contributed by atoms with Crippen molar-refractivity contribution in [3.63, 3.8) is 0 Å². The molecule has 1 heterocycles. The lowest BCUT2D eigenvalue weighted by atomic mass is 10.0. The Kier molecular flexibility index (Phi) is 5.44. The van der Waals surface area contributed by atoms with Crippen molar-refractivity contribution >= 4 is 5.91 Å². The molecular weight excluding hydrogens is 301 g/mol. The van der Waals surface area contributed by atoms with Crippen molar-refractivity contribution < 1.29 is 18.8 Å². The summed E-state index contributed by atoms with van der Waals surface area (Å²) >= 11 is 0. The van der Waals surface area contributed by atoms with E-state index in [1.807, 2.05) is 13.8 Å². The average Bonchev–Trinajstić information content (AvgIpc) is 2.96. The molecule has 6 nitrogen and oxygen atoms in total. The first-order valence-corrected chi connectivity index (χ1v) is 7.43. The van der Waals surface area contributed by atoms with Gasteiger partial charge in [0.05, 0.1) is 12.5 Å². The monoisotopic (exact) mass is 321 g/mol. The number of carbonyl (C=O) groups excluding carboxylic acids is 1. The molecule has 2 unspecified atom stereocenters. The third-order valence-corrected chi connectivity index (χ3v) is 3.44. The minimum absolute atomic E-state index is 0.000889. The molecule has 1 aromatic carbocycles. The molecule has 2 rings (SSSR count). The van der Waals surface area contributed by atoms with Crippen LogP contribution in [0.5, 0.6) is 0 Å². The van der Waals surface area contributed by atoms with Gasteiger partial charge in [0, 0.05) is 5.56 Å². The second-order valence-electron chi connectivity index (χ2n) is 5.77. The lowest BCUT2D eigenvalue weighted by Crippen LogP contribution is -2.31. The van der Waals surface area contributed by atoms with E-state index < -0.39 is 18.0 Å². The van der Waals surface area contributed by atoms with E-state index in [1.165, 1.54) is 12.1 Å².